The number of para-hydroxylation sites is 1. The van der Waals surface area contributed by atoms with Gasteiger partial charge in [0.2, 0.25) is 11.8 Å². The number of thioether (sulfide) groups is 1. The van der Waals surface area contributed by atoms with Crippen LogP contribution in [0.25, 0.3) is 10.8 Å². The number of amides is 2. The summed E-state index contributed by atoms with van der Waals surface area (Å²) in [6.45, 7) is 1.94. The van der Waals surface area contributed by atoms with E-state index >= 15 is 0 Å². The van der Waals surface area contributed by atoms with E-state index in [1.54, 1.807) is 11.6 Å². The first-order valence-electron chi connectivity index (χ1n) is 10.2. The van der Waals surface area contributed by atoms with E-state index in [2.05, 4.69) is 20.8 Å². The quantitative estimate of drug-likeness (QED) is 0.417. The summed E-state index contributed by atoms with van der Waals surface area (Å²) in [6.07, 6.45) is 0.0978. The number of anilines is 2. The van der Waals surface area contributed by atoms with Crippen LogP contribution in [-0.2, 0) is 23.1 Å². The molecule has 3 aromatic carbocycles. The molecule has 162 valence electrons. The summed E-state index contributed by atoms with van der Waals surface area (Å²) in [5, 5.41) is 16.8. The van der Waals surface area contributed by atoms with Crippen molar-refractivity contribution in [1.82, 2.24) is 14.8 Å². The molecule has 8 heteroatoms. The second-order valence-corrected chi connectivity index (χ2v) is 8.30. The molecule has 32 heavy (non-hydrogen) atoms. The van der Waals surface area contributed by atoms with Crippen LogP contribution in [0.2, 0.25) is 0 Å². The molecule has 0 aliphatic heterocycles. The maximum absolute atomic E-state index is 12.5. The average Bonchev–Trinajstić information content (AvgIpc) is 3.13. The van der Waals surface area contributed by atoms with Crippen molar-refractivity contribution in [1.29, 1.82) is 0 Å². The molecule has 0 spiro atoms. The molecule has 1 aromatic heterocycles. The number of aromatic nitrogens is 3. The fraction of sp³-hybridized carbons (Fsp3) is 0.167. The van der Waals surface area contributed by atoms with Crippen LogP contribution >= 0.6 is 11.8 Å². The Morgan fingerprint density at radius 3 is 2.41 bits per heavy atom. The number of carbonyl (C=O) groups excluding carboxylic acids is 2. The van der Waals surface area contributed by atoms with Crippen LogP contribution in [0.3, 0.4) is 0 Å². The van der Waals surface area contributed by atoms with Gasteiger partial charge in [-0.1, -0.05) is 66.4 Å². The monoisotopic (exact) mass is 445 g/mol. The number of nitrogens with zero attached hydrogens (tertiary/aromatic N) is 3. The Kier molecular flexibility index (Phi) is 6.51. The van der Waals surface area contributed by atoms with Gasteiger partial charge in [-0.25, -0.2) is 0 Å². The van der Waals surface area contributed by atoms with Gasteiger partial charge in [0.25, 0.3) is 0 Å². The van der Waals surface area contributed by atoms with Gasteiger partial charge in [0.1, 0.15) is 5.82 Å². The smallest absolute Gasteiger partial charge is 0.234 e. The third kappa shape index (κ3) is 4.97. The Morgan fingerprint density at radius 2 is 1.56 bits per heavy atom. The molecule has 0 aliphatic carbocycles. The number of benzene rings is 3. The summed E-state index contributed by atoms with van der Waals surface area (Å²) in [5.41, 5.74) is 2.55. The first-order chi connectivity index (χ1) is 15.5. The van der Waals surface area contributed by atoms with Gasteiger partial charge >= 0.3 is 0 Å². The highest BCUT2D eigenvalue weighted by molar-refractivity contribution is 7.99. The zero-order chi connectivity index (χ0) is 22.5. The molecule has 2 amide bonds. The van der Waals surface area contributed by atoms with Crippen molar-refractivity contribution < 1.29 is 9.59 Å². The van der Waals surface area contributed by atoms with Crippen LogP contribution in [0.15, 0.2) is 71.9 Å². The van der Waals surface area contributed by atoms with Crippen molar-refractivity contribution in [2.45, 2.75) is 18.5 Å². The summed E-state index contributed by atoms with van der Waals surface area (Å²) in [6, 6.07) is 21.3. The molecule has 0 atom stereocenters. The molecule has 0 radical (unpaired) electrons. The van der Waals surface area contributed by atoms with Gasteiger partial charge in [0, 0.05) is 23.8 Å². The van der Waals surface area contributed by atoms with Gasteiger partial charge < -0.3 is 15.2 Å². The SMILES string of the molecule is Cc1ccccc1NC(=O)Cc1nnc(SCC(=O)Nc2cccc3ccccc23)n1C. The second kappa shape index (κ2) is 9.65. The lowest BCUT2D eigenvalue weighted by molar-refractivity contribution is -0.116. The number of hydrogen-bond acceptors (Lipinski definition) is 5. The van der Waals surface area contributed by atoms with Gasteiger partial charge in [-0.2, -0.15) is 0 Å². The van der Waals surface area contributed by atoms with Crippen molar-refractivity contribution in [3.63, 3.8) is 0 Å². The van der Waals surface area contributed by atoms with Gasteiger partial charge in [0.05, 0.1) is 12.2 Å². The zero-order valence-electron chi connectivity index (χ0n) is 17.8. The number of aryl methyl sites for hydroxylation is 1. The third-order valence-corrected chi connectivity index (χ3v) is 6.08. The predicted molar refractivity (Wildman–Crippen MR) is 128 cm³/mol. The standard InChI is InChI=1S/C24H23N5O2S/c1-16-8-3-6-12-19(16)25-22(30)14-21-27-28-24(29(21)2)32-15-23(31)26-20-13-7-10-17-9-4-5-11-18(17)20/h3-13H,14-15H2,1-2H3,(H,25,30)(H,26,31). The minimum Gasteiger partial charge on any atom is -0.325 e. The molecule has 0 saturated carbocycles. The van der Waals surface area contributed by atoms with E-state index in [0.29, 0.717) is 11.0 Å². The van der Waals surface area contributed by atoms with Crippen molar-refractivity contribution in [3.05, 3.63) is 78.1 Å². The highest BCUT2D eigenvalue weighted by Crippen LogP contribution is 2.24. The van der Waals surface area contributed by atoms with Gasteiger partial charge in [-0.15, -0.1) is 10.2 Å². The highest BCUT2D eigenvalue weighted by atomic mass is 32.2. The van der Waals surface area contributed by atoms with E-state index in [0.717, 1.165) is 27.7 Å². The van der Waals surface area contributed by atoms with Crippen LogP contribution in [0, 0.1) is 6.92 Å². The summed E-state index contributed by atoms with van der Waals surface area (Å²) in [4.78, 5) is 24.9. The topological polar surface area (TPSA) is 88.9 Å². The fourth-order valence-electron chi connectivity index (χ4n) is 3.33. The average molecular weight is 446 g/mol. The molecule has 7 nitrogen and oxygen atoms in total. The fourth-order valence-corrected chi connectivity index (χ4v) is 4.06. The molecule has 1 heterocycles. The molecular weight excluding hydrogens is 422 g/mol. The molecule has 4 aromatic rings. The molecule has 4 rings (SSSR count). The Morgan fingerprint density at radius 1 is 0.875 bits per heavy atom. The Balaban J connectivity index is 1.35. The third-order valence-electron chi connectivity index (χ3n) is 5.06. The number of nitrogens with one attached hydrogen (secondary N) is 2. The van der Waals surface area contributed by atoms with Gasteiger partial charge in [-0.3, -0.25) is 9.59 Å². The zero-order valence-corrected chi connectivity index (χ0v) is 18.6. The van der Waals surface area contributed by atoms with Crippen LogP contribution in [-0.4, -0.2) is 32.3 Å². The van der Waals surface area contributed by atoms with Crippen LogP contribution in [0.5, 0.6) is 0 Å². The molecule has 0 saturated heterocycles. The van der Waals surface area contributed by atoms with E-state index in [9.17, 15) is 9.59 Å². The Bertz CT molecular complexity index is 1280. The lowest BCUT2D eigenvalue weighted by atomic mass is 10.1. The number of rotatable bonds is 7. The summed E-state index contributed by atoms with van der Waals surface area (Å²) in [7, 11) is 1.79. The maximum atomic E-state index is 12.5. The largest absolute Gasteiger partial charge is 0.325 e. The predicted octanol–water partition coefficient (Wildman–Crippen LogP) is 4.19. The second-order valence-electron chi connectivity index (χ2n) is 7.36. The van der Waals surface area contributed by atoms with E-state index < -0.39 is 0 Å². The normalized spacial score (nSPS) is 10.8. The van der Waals surface area contributed by atoms with Gasteiger partial charge in [-0.05, 0) is 30.0 Å². The van der Waals surface area contributed by atoms with Crippen LogP contribution in [0.1, 0.15) is 11.4 Å². The lowest BCUT2D eigenvalue weighted by Crippen LogP contribution is -2.17. The molecular formula is C24H23N5O2S. The van der Waals surface area contributed by atoms with Crippen LogP contribution < -0.4 is 10.6 Å². The molecule has 2 N–H and O–H groups in total. The number of carbonyl (C=O) groups is 2. The van der Waals surface area contributed by atoms with Crippen LogP contribution in [0.4, 0.5) is 11.4 Å². The van der Waals surface area contributed by atoms with Crippen molar-refractivity contribution in [3.8, 4) is 0 Å². The first kappa shape index (κ1) is 21.6. The van der Waals surface area contributed by atoms with E-state index in [4.69, 9.17) is 0 Å². The number of hydrogen-bond donors (Lipinski definition) is 2. The Hall–Kier alpha value is -3.65. The van der Waals surface area contributed by atoms with Crippen molar-refractivity contribution in [2.24, 2.45) is 7.05 Å². The first-order valence-corrected chi connectivity index (χ1v) is 11.1. The maximum Gasteiger partial charge on any atom is 0.234 e. The minimum absolute atomic E-state index is 0.0978. The summed E-state index contributed by atoms with van der Waals surface area (Å²) >= 11 is 1.28. The van der Waals surface area contributed by atoms with Gasteiger partial charge in [0.15, 0.2) is 5.16 Å². The Labute approximate surface area is 190 Å². The highest BCUT2D eigenvalue weighted by Gasteiger charge is 2.15. The molecule has 0 unspecified atom stereocenters. The minimum atomic E-state index is -0.167. The van der Waals surface area contributed by atoms with Crippen molar-refractivity contribution >= 4 is 45.7 Å². The van der Waals surface area contributed by atoms with Crippen molar-refractivity contribution in [2.75, 3.05) is 16.4 Å². The lowest BCUT2D eigenvalue weighted by Gasteiger charge is -2.09. The summed E-state index contributed by atoms with van der Waals surface area (Å²) < 4.78 is 1.74. The molecule has 0 fully saturated rings. The number of fused-ring (bicyclic) bond motifs is 1. The summed E-state index contributed by atoms with van der Waals surface area (Å²) in [5.74, 6) is 0.422. The molecule has 0 bridgehead atoms. The van der Waals surface area contributed by atoms with E-state index in [1.807, 2.05) is 73.7 Å². The van der Waals surface area contributed by atoms with E-state index in [1.165, 1.54) is 11.8 Å². The van der Waals surface area contributed by atoms with E-state index in [-0.39, 0.29) is 24.0 Å². The molecule has 0 aliphatic rings.